The van der Waals surface area contributed by atoms with Crippen LogP contribution in [-0.2, 0) is 0 Å². The maximum absolute atomic E-state index is 15.3. The molecule has 1 aliphatic carbocycles. The van der Waals surface area contributed by atoms with E-state index in [9.17, 15) is 0 Å². The molecule has 0 bridgehead atoms. The molecule has 0 unspecified atom stereocenters. The number of nitrogen functional groups attached to an aromatic ring is 1. The van der Waals surface area contributed by atoms with E-state index in [-0.39, 0.29) is 17.3 Å². The molecule has 0 amide bonds. The van der Waals surface area contributed by atoms with E-state index in [1.807, 2.05) is 10.7 Å². The summed E-state index contributed by atoms with van der Waals surface area (Å²) in [7, 11) is 6.30. The van der Waals surface area contributed by atoms with Crippen LogP contribution < -0.4 is 11.1 Å². The molecule has 1 saturated heterocycles. The Labute approximate surface area is 231 Å². The van der Waals surface area contributed by atoms with Crippen molar-refractivity contribution in [2.24, 2.45) is 5.41 Å². The van der Waals surface area contributed by atoms with Gasteiger partial charge in [0.2, 0.25) is 0 Å². The van der Waals surface area contributed by atoms with Gasteiger partial charge in [-0.15, -0.1) is 0 Å². The molecule has 5 rings (SSSR count). The predicted octanol–water partition coefficient (Wildman–Crippen LogP) is 3.95. The Morgan fingerprint density at radius 1 is 1.05 bits per heavy atom. The largest absolute Gasteiger partial charge is 0.383 e. The van der Waals surface area contributed by atoms with Gasteiger partial charge in [0.25, 0.3) is 0 Å². The first-order chi connectivity index (χ1) is 18.6. The molecular weight excluding hydrogens is 493 g/mol. The van der Waals surface area contributed by atoms with Gasteiger partial charge in [-0.2, -0.15) is 5.10 Å². The number of fused-ring (bicyclic) bond motifs is 1. The fourth-order valence-corrected chi connectivity index (χ4v) is 6.36. The number of hydrogen-bond donors (Lipinski definition) is 2. The minimum absolute atomic E-state index is 0.00126. The lowest BCUT2D eigenvalue weighted by atomic mass is 9.90. The van der Waals surface area contributed by atoms with Crippen molar-refractivity contribution in [2.45, 2.75) is 51.6 Å². The third-order valence-corrected chi connectivity index (χ3v) is 8.33. The molecule has 212 valence electrons. The van der Waals surface area contributed by atoms with Gasteiger partial charge in [0, 0.05) is 50.9 Å². The topological polar surface area (TPSA) is 91.4 Å². The summed E-state index contributed by atoms with van der Waals surface area (Å²) >= 11 is 0. The minimum Gasteiger partial charge on any atom is -0.383 e. The molecule has 2 fully saturated rings. The van der Waals surface area contributed by atoms with Crippen LogP contribution in [0.15, 0.2) is 24.5 Å². The molecule has 10 heteroatoms. The molecule has 3 heterocycles. The van der Waals surface area contributed by atoms with Crippen molar-refractivity contribution in [3.05, 3.63) is 30.3 Å². The highest BCUT2D eigenvalue weighted by atomic mass is 19.1. The number of halogens is 1. The number of rotatable bonds is 8. The Morgan fingerprint density at radius 2 is 1.74 bits per heavy atom. The number of anilines is 2. The monoisotopic (exact) mass is 537 g/mol. The molecule has 2 aliphatic rings. The Hall–Kier alpha value is -2.82. The second kappa shape index (κ2) is 11.3. The quantitative estimate of drug-likeness (QED) is 0.447. The molecule has 39 heavy (non-hydrogen) atoms. The van der Waals surface area contributed by atoms with Crippen molar-refractivity contribution >= 4 is 22.5 Å². The fraction of sp³-hybridized carbons (Fsp3) is 0.621. The number of likely N-dealkylation sites (N-methyl/N-ethyl adjacent to an activating group) is 1. The lowest BCUT2D eigenvalue weighted by Crippen LogP contribution is -2.49. The summed E-state index contributed by atoms with van der Waals surface area (Å²) in [5.41, 5.74) is 8.89. The third kappa shape index (κ3) is 6.18. The molecule has 0 atom stereocenters. The first kappa shape index (κ1) is 27.7. The molecular formula is C29H44FN9. The van der Waals surface area contributed by atoms with Crippen LogP contribution in [0.25, 0.3) is 22.3 Å². The van der Waals surface area contributed by atoms with E-state index < -0.39 is 0 Å². The van der Waals surface area contributed by atoms with Crippen LogP contribution in [0, 0.1) is 11.2 Å². The molecule has 1 aliphatic heterocycles. The standard InChI is InChI=1S/C29H44FN9/c1-29(2,18-36(3)4)17-32-24-11-6-20(16-23(24)30)26-25-27(31)33-19-34-28(25)39(35-26)22-9-7-21(8-10-22)38-14-12-37(5)13-15-38/h6,11,16,19,21-22,32H,7-10,12-15,17-18H2,1-5H3,(H2,31,33,34). The number of nitrogens with zero attached hydrogens (tertiary/aromatic N) is 7. The number of benzene rings is 1. The summed E-state index contributed by atoms with van der Waals surface area (Å²) in [4.78, 5) is 16.0. The van der Waals surface area contributed by atoms with E-state index in [1.165, 1.54) is 6.33 Å². The number of piperazine rings is 1. The van der Waals surface area contributed by atoms with Gasteiger partial charge in [-0.3, -0.25) is 4.90 Å². The average molecular weight is 538 g/mol. The molecule has 0 spiro atoms. The summed E-state index contributed by atoms with van der Waals surface area (Å²) in [6.07, 6.45) is 5.86. The Kier molecular flexibility index (Phi) is 8.07. The highest BCUT2D eigenvalue weighted by Gasteiger charge is 2.31. The van der Waals surface area contributed by atoms with Crippen molar-refractivity contribution in [2.75, 3.05) is 71.5 Å². The van der Waals surface area contributed by atoms with E-state index in [0.717, 1.165) is 64.1 Å². The van der Waals surface area contributed by atoms with Gasteiger partial charge in [0.15, 0.2) is 5.65 Å². The Bertz CT molecular complexity index is 1270. The van der Waals surface area contributed by atoms with Crippen LogP contribution in [0.4, 0.5) is 15.9 Å². The fourth-order valence-electron chi connectivity index (χ4n) is 6.36. The van der Waals surface area contributed by atoms with Gasteiger partial charge in [-0.05, 0) is 64.4 Å². The SMILES string of the molecule is CN(C)CC(C)(C)CNc1ccc(-c2nn(C3CCC(N4CCN(C)CC4)CC3)c3ncnc(N)c23)cc1F. The number of nitrogens with one attached hydrogen (secondary N) is 1. The van der Waals surface area contributed by atoms with Crippen LogP contribution in [0.3, 0.4) is 0 Å². The first-order valence-electron chi connectivity index (χ1n) is 14.2. The van der Waals surface area contributed by atoms with E-state index in [4.69, 9.17) is 10.8 Å². The van der Waals surface area contributed by atoms with Crippen LogP contribution in [-0.4, -0.2) is 101 Å². The summed E-state index contributed by atoms with van der Waals surface area (Å²) < 4.78 is 17.3. The van der Waals surface area contributed by atoms with Gasteiger partial charge in [-0.1, -0.05) is 19.9 Å². The Morgan fingerprint density at radius 3 is 2.41 bits per heavy atom. The lowest BCUT2D eigenvalue weighted by molar-refractivity contribution is 0.0815. The molecule has 3 N–H and O–H groups in total. The first-order valence-corrected chi connectivity index (χ1v) is 14.2. The van der Waals surface area contributed by atoms with Gasteiger partial charge in [-0.25, -0.2) is 19.0 Å². The molecule has 2 aromatic heterocycles. The second-order valence-electron chi connectivity index (χ2n) is 12.5. The van der Waals surface area contributed by atoms with Crippen molar-refractivity contribution < 1.29 is 4.39 Å². The number of hydrogen-bond acceptors (Lipinski definition) is 8. The summed E-state index contributed by atoms with van der Waals surface area (Å²) in [5.74, 6) is 0.0689. The summed E-state index contributed by atoms with van der Waals surface area (Å²) in [6.45, 7) is 10.5. The minimum atomic E-state index is -0.307. The van der Waals surface area contributed by atoms with Gasteiger partial charge in [0.05, 0.1) is 17.1 Å². The van der Waals surface area contributed by atoms with Crippen LogP contribution in [0.1, 0.15) is 45.6 Å². The highest BCUT2D eigenvalue weighted by molar-refractivity contribution is 5.98. The van der Waals surface area contributed by atoms with Crippen molar-refractivity contribution in [3.63, 3.8) is 0 Å². The normalized spacial score (nSPS) is 21.6. The molecule has 9 nitrogen and oxygen atoms in total. The van der Waals surface area contributed by atoms with Gasteiger partial charge >= 0.3 is 0 Å². The third-order valence-electron chi connectivity index (χ3n) is 8.33. The highest BCUT2D eigenvalue weighted by Crippen LogP contribution is 2.37. The number of aromatic nitrogens is 4. The zero-order valence-electron chi connectivity index (χ0n) is 24.1. The molecule has 0 radical (unpaired) electrons. The van der Waals surface area contributed by atoms with Gasteiger partial charge in [0.1, 0.15) is 23.7 Å². The maximum Gasteiger partial charge on any atom is 0.164 e. The van der Waals surface area contributed by atoms with Crippen molar-refractivity contribution in [3.8, 4) is 11.3 Å². The Balaban J connectivity index is 1.35. The zero-order valence-corrected chi connectivity index (χ0v) is 24.1. The van der Waals surface area contributed by atoms with Crippen molar-refractivity contribution in [1.29, 1.82) is 0 Å². The molecule has 1 saturated carbocycles. The second-order valence-corrected chi connectivity index (χ2v) is 12.5. The van der Waals surface area contributed by atoms with Crippen LogP contribution in [0.5, 0.6) is 0 Å². The smallest absolute Gasteiger partial charge is 0.164 e. The number of nitrogens with two attached hydrogens (primary N) is 1. The maximum atomic E-state index is 15.3. The molecule has 3 aromatic rings. The zero-order chi connectivity index (χ0) is 27.7. The van der Waals surface area contributed by atoms with Gasteiger partial charge < -0.3 is 20.9 Å². The van der Waals surface area contributed by atoms with Crippen molar-refractivity contribution in [1.82, 2.24) is 34.4 Å². The lowest BCUT2D eigenvalue weighted by Gasteiger charge is -2.41. The van der Waals surface area contributed by atoms with E-state index in [1.54, 1.807) is 12.1 Å². The summed E-state index contributed by atoms with van der Waals surface area (Å²) in [6, 6.07) is 6.12. The predicted molar refractivity (Wildman–Crippen MR) is 156 cm³/mol. The van der Waals surface area contributed by atoms with E-state index >= 15 is 4.39 Å². The van der Waals surface area contributed by atoms with E-state index in [0.29, 0.717) is 40.7 Å². The molecule has 1 aromatic carbocycles. The van der Waals surface area contributed by atoms with Crippen LogP contribution in [0.2, 0.25) is 0 Å². The average Bonchev–Trinajstić information content (AvgIpc) is 3.29. The summed E-state index contributed by atoms with van der Waals surface area (Å²) in [5, 5.41) is 8.99. The van der Waals surface area contributed by atoms with Crippen LogP contribution >= 0.6 is 0 Å². The van der Waals surface area contributed by atoms with E-state index in [2.05, 4.69) is 65.0 Å².